The number of anilines is 2. The van der Waals surface area contributed by atoms with Gasteiger partial charge in [0.05, 0.1) is 7.11 Å². The lowest BCUT2D eigenvalue weighted by Gasteiger charge is -2.23. The number of ether oxygens (including phenoxy) is 1. The Hall–Kier alpha value is -3.02. The van der Waals surface area contributed by atoms with Crippen LogP contribution in [0.2, 0.25) is 0 Å². The molecule has 160 valence electrons. The van der Waals surface area contributed by atoms with E-state index in [2.05, 4.69) is 28.5 Å². The Labute approximate surface area is 178 Å². The van der Waals surface area contributed by atoms with E-state index in [4.69, 9.17) is 4.74 Å². The van der Waals surface area contributed by atoms with Crippen molar-refractivity contribution in [2.75, 3.05) is 30.4 Å². The maximum absolute atomic E-state index is 12.9. The van der Waals surface area contributed by atoms with Gasteiger partial charge in [0, 0.05) is 30.0 Å². The highest BCUT2D eigenvalue weighted by atomic mass is 16.5. The van der Waals surface area contributed by atoms with Crippen LogP contribution in [0.1, 0.15) is 42.6 Å². The van der Waals surface area contributed by atoms with Crippen LogP contribution < -0.4 is 20.3 Å². The van der Waals surface area contributed by atoms with E-state index in [9.17, 15) is 9.59 Å². The van der Waals surface area contributed by atoms with Crippen LogP contribution in [-0.4, -0.2) is 38.1 Å². The molecule has 6 heteroatoms. The average molecular weight is 410 g/mol. The molecule has 1 aliphatic rings. The van der Waals surface area contributed by atoms with Crippen molar-refractivity contribution in [3.63, 3.8) is 0 Å². The van der Waals surface area contributed by atoms with Crippen LogP contribution in [0.25, 0.3) is 0 Å². The number of hydrogen-bond donors (Lipinski definition) is 2. The summed E-state index contributed by atoms with van der Waals surface area (Å²) in [6, 6.07) is 12.2. The lowest BCUT2D eigenvalue weighted by molar-refractivity contribution is -0.118. The number of amides is 2. The zero-order chi connectivity index (χ0) is 21.7. The van der Waals surface area contributed by atoms with Gasteiger partial charge in [-0.25, -0.2) is 0 Å². The molecule has 2 aromatic rings. The normalized spacial score (nSPS) is 14.5. The van der Waals surface area contributed by atoms with Crippen molar-refractivity contribution >= 4 is 23.2 Å². The molecule has 2 aromatic carbocycles. The average Bonchev–Trinajstić information content (AvgIpc) is 3.26. The van der Waals surface area contributed by atoms with Crippen LogP contribution in [0.15, 0.2) is 42.5 Å². The van der Waals surface area contributed by atoms with Crippen molar-refractivity contribution in [1.29, 1.82) is 0 Å². The summed E-state index contributed by atoms with van der Waals surface area (Å²) in [5, 5.41) is 5.83. The second kappa shape index (κ2) is 9.65. The minimum Gasteiger partial charge on any atom is -0.497 e. The third-order valence-corrected chi connectivity index (χ3v) is 5.50. The van der Waals surface area contributed by atoms with Crippen LogP contribution in [0.3, 0.4) is 0 Å². The molecular formula is C24H31N3O3. The van der Waals surface area contributed by atoms with E-state index < -0.39 is 6.04 Å². The van der Waals surface area contributed by atoms with Crippen LogP contribution in [0.4, 0.5) is 11.4 Å². The number of hydrogen-bond acceptors (Lipinski definition) is 4. The van der Waals surface area contributed by atoms with Gasteiger partial charge in [-0.3, -0.25) is 9.59 Å². The quantitative estimate of drug-likeness (QED) is 0.725. The number of benzene rings is 2. The first-order valence-corrected chi connectivity index (χ1v) is 10.5. The fourth-order valence-electron chi connectivity index (χ4n) is 3.77. The number of aryl methyl sites for hydroxylation is 1. The van der Waals surface area contributed by atoms with Gasteiger partial charge < -0.3 is 20.3 Å². The van der Waals surface area contributed by atoms with E-state index >= 15 is 0 Å². The monoisotopic (exact) mass is 409 g/mol. The Morgan fingerprint density at radius 1 is 1.03 bits per heavy atom. The molecule has 6 nitrogen and oxygen atoms in total. The van der Waals surface area contributed by atoms with Crippen molar-refractivity contribution < 1.29 is 14.3 Å². The minimum atomic E-state index is -0.641. The number of carbonyl (C=O) groups is 2. The predicted octanol–water partition coefficient (Wildman–Crippen LogP) is 4.00. The van der Waals surface area contributed by atoms with Crippen molar-refractivity contribution in [2.24, 2.45) is 5.92 Å². The van der Waals surface area contributed by atoms with Gasteiger partial charge in [-0.15, -0.1) is 0 Å². The van der Waals surface area contributed by atoms with Crippen LogP contribution in [-0.2, 0) is 4.79 Å². The Morgan fingerprint density at radius 2 is 1.70 bits per heavy atom. The number of nitrogens with one attached hydrogen (secondary N) is 2. The smallest absolute Gasteiger partial charge is 0.251 e. The molecule has 3 rings (SSSR count). The molecular weight excluding hydrogens is 378 g/mol. The SMILES string of the molecule is COc1ccc(C(=O)NC(C(=O)Nc2ccc(N3CCCC3)c(C)c2)C(C)C)cc1. The molecule has 2 N–H and O–H groups in total. The molecule has 2 amide bonds. The Morgan fingerprint density at radius 3 is 2.27 bits per heavy atom. The van der Waals surface area contributed by atoms with E-state index in [1.807, 2.05) is 26.0 Å². The topological polar surface area (TPSA) is 70.7 Å². The molecule has 0 saturated carbocycles. The summed E-state index contributed by atoms with van der Waals surface area (Å²) < 4.78 is 5.12. The number of methoxy groups -OCH3 is 1. The standard InChI is InChI=1S/C24H31N3O3/c1-16(2)22(26-23(28)18-7-10-20(30-4)11-8-18)24(29)25-19-9-12-21(17(3)15-19)27-13-5-6-14-27/h7-12,15-16,22H,5-6,13-14H2,1-4H3,(H,25,29)(H,26,28). The van der Waals surface area contributed by atoms with Gasteiger partial charge in [0.2, 0.25) is 5.91 Å². The Balaban J connectivity index is 1.67. The first kappa shape index (κ1) is 21.7. The fraction of sp³-hybridized carbons (Fsp3) is 0.417. The zero-order valence-corrected chi connectivity index (χ0v) is 18.2. The Bertz CT molecular complexity index is 887. The predicted molar refractivity (Wildman–Crippen MR) is 120 cm³/mol. The third-order valence-electron chi connectivity index (χ3n) is 5.50. The van der Waals surface area contributed by atoms with Crippen LogP contribution in [0, 0.1) is 12.8 Å². The summed E-state index contributed by atoms with van der Waals surface area (Å²) in [5.41, 5.74) is 3.58. The fourth-order valence-corrected chi connectivity index (χ4v) is 3.77. The first-order valence-electron chi connectivity index (χ1n) is 10.5. The molecule has 30 heavy (non-hydrogen) atoms. The van der Waals surface area contributed by atoms with Crippen molar-refractivity contribution in [2.45, 2.75) is 39.7 Å². The zero-order valence-electron chi connectivity index (χ0n) is 18.2. The van der Waals surface area contributed by atoms with E-state index in [-0.39, 0.29) is 17.7 Å². The molecule has 0 aliphatic carbocycles. The minimum absolute atomic E-state index is 0.0582. The molecule has 1 atom stereocenters. The number of nitrogens with zero attached hydrogens (tertiary/aromatic N) is 1. The second-order valence-corrected chi connectivity index (χ2v) is 8.11. The van der Waals surface area contributed by atoms with E-state index in [1.54, 1.807) is 31.4 Å². The lowest BCUT2D eigenvalue weighted by Crippen LogP contribution is -2.47. The second-order valence-electron chi connectivity index (χ2n) is 8.11. The molecule has 0 radical (unpaired) electrons. The summed E-state index contributed by atoms with van der Waals surface area (Å²) in [4.78, 5) is 27.9. The van der Waals surface area contributed by atoms with E-state index in [0.29, 0.717) is 11.3 Å². The van der Waals surface area contributed by atoms with E-state index in [1.165, 1.54) is 18.5 Å². The molecule has 1 fully saturated rings. The van der Waals surface area contributed by atoms with Crippen LogP contribution in [0.5, 0.6) is 5.75 Å². The van der Waals surface area contributed by atoms with Gasteiger partial charge >= 0.3 is 0 Å². The van der Waals surface area contributed by atoms with Gasteiger partial charge in [-0.1, -0.05) is 13.8 Å². The lowest BCUT2D eigenvalue weighted by atomic mass is 10.0. The maximum atomic E-state index is 12.9. The van der Waals surface area contributed by atoms with Gasteiger partial charge in [0.15, 0.2) is 0 Å². The molecule has 1 saturated heterocycles. The first-order chi connectivity index (χ1) is 14.4. The van der Waals surface area contributed by atoms with Gasteiger partial charge in [-0.05, 0) is 73.7 Å². The molecule has 0 spiro atoms. The number of rotatable bonds is 7. The van der Waals surface area contributed by atoms with Gasteiger partial charge in [0.25, 0.3) is 5.91 Å². The molecule has 1 aliphatic heterocycles. The summed E-state index contributed by atoms with van der Waals surface area (Å²) in [5.74, 6) is 0.113. The third kappa shape index (κ3) is 5.12. The Kier molecular flexibility index (Phi) is 6.98. The highest BCUT2D eigenvalue weighted by Crippen LogP contribution is 2.27. The summed E-state index contributed by atoms with van der Waals surface area (Å²) in [7, 11) is 1.58. The summed E-state index contributed by atoms with van der Waals surface area (Å²) in [6.45, 7) is 8.06. The number of carbonyl (C=O) groups excluding carboxylic acids is 2. The van der Waals surface area contributed by atoms with E-state index in [0.717, 1.165) is 24.3 Å². The largest absolute Gasteiger partial charge is 0.497 e. The molecule has 1 heterocycles. The van der Waals surface area contributed by atoms with Crippen molar-refractivity contribution in [3.8, 4) is 5.75 Å². The highest BCUT2D eigenvalue weighted by molar-refractivity contribution is 6.01. The molecule has 1 unspecified atom stereocenters. The van der Waals surface area contributed by atoms with Gasteiger partial charge in [0.1, 0.15) is 11.8 Å². The van der Waals surface area contributed by atoms with Crippen molar-refractivity contribution in [3.05, 3.63) is 53.6 Å². The van der Waals surface area contributed by atoms with Crippen LogP contribution >= 0.6 is 0 Å². The summed E-state index contributed by atoms with van der Waals surface area (Å²) >= 11 is 0. The van der Waals surface area contributed by atoms with Gasteiger partial charge in [-0.2, -0.15) is 0 Å². The van der Waals surface area contributed by atoms with Crippen molar-refractivity contribution in [1.82, 2.24) is 5.32 Å². The molecule has 0 bridgehead atoms. The molecule has 0 aromatic heterocycles. The highest BCUT2D eigenvalue weighted by Gasteiger charge is 2.25. The summed E-state index contributed by atoms with van der Waals surface area (Å²) in [6.07, 6.45) is 2.45. The maximum Gasteiger partial charge on any atom is 0.251 e.